The van der Waals surface area contributed by atoms with E-state index in [1.807, 2.05) is 19.0 Å². The Morgan fingerprint density at radius 1 is 1.33 bits per heavy atom. The first-order valence-electron chi connectivity index (χ1n) is 7.94. The SMILES string of the molecule is CN(C)CCO[C@@H]1COCC[C@H]1NS(=O)(=O)Cc1ccc(Cl)cc1. The van der Waals surface area contributed by atoms with Gasteiger partial charge in [0.05, 0.1) is 31.1 Å². The second-order valence-corrected chi connectivity index (χ2v) is 8.38. The lowest BCUT2D eigenvalue weighted by atomic mass is 10.1. The van der Waals surface area contributed by atoms with Crippen LogP contribution in [-0.2, 0) is 25.2 Å². The largest absolute Gasteiger partial charge is 0.379 e. The number of likely N-dealkylation sites (N-methyl/N-ethyl adjacent to an activating group) is 1. The van der Waals surface area contributed by atoms with Crippen LogP contribution in [0.3, 0.4) is 0 Å². The van der Waals surface area contributed by atoms with Crippen molar-refractivity contribution in [3.05, 3.63) is 34.9 Å². The molecule has 0 aromatic heterocycles. The molecule has 0 amide bonds. The van der Waals surface area contributed by atoms with Crippen molar-refractivity contribution in [2.45, 2.75) is 24.3 Å². The highest BCUT2D eigenvalue weighted by Crippen LogP contribution is 2.15. The van der Waals surface area contributed by atoms with Crippen LogP contribution < -0.4 is 4.72 Å². The zero-order valence-electron chi connectivity index (χ0n) is 14.1. The van der Waals surface area contributed by atoms with Crippen LogP contribution in [-0.4, -0.2) is 65.9 Å². The molecular formula is C16H25ClN2O4S. The van der Waals surface area contributed by atoms with Crippen LogP contribution in [0.2, 0.25) is 5.02 Å². The van der Waals surface area contributed by atoms with E-state index in [1.165, 1.54) is 0 Å². The third-order valence-electron chi connectivity index (χ3n) is 3.78. The Kier molecular flexibility index (Phi) is 7.46. The smallest absolute Gasteiger partial charge is 0.216 e. The van der Waals surface area contributed by atoms with Gasteiger partial charge in [-0.3, -0.25) is 0 Å². The fourth-order valence-corrected chi connectivity index (χ4v) is 4.04. The number of ether oxygens (including phenoxy) is 2. The number of rotatable bonds is 8. The summed E-state index contributed by atoms with van der Waals surface area (Å²) in [4.78, 5) is 2.02. The first-order valence-corrected chi connectivity index (χ1v) is 9.97. The van der Waals surface area contributed by atoms with Crippen molar-refractivity contribution < 1.29 is 17.9 Å². The van der Waals surface area contributed by atoms with Gasteiger partial charge in [0.1, 0.15) is 0 Å². The summed E-state index contributed by atoms with van der Waals surface area (Å²) in [6.45, 7) is 2.25. The van der Waals surface area contributed by atoms with Crippen LogP contribution in [0.25, 0.3) is 0 Å². The monoisotopic (exact) mass is 376 g/mol. The lowest BCUT2D eigenvalue weighted by Gasteiger charge is -2.32. The van der Waals surface area contributed by atoms with E-state index in [2.05, 4.69) is 4.72 Å². The molecule has 1 aliphatic heterocycles. The van der Waals surface area contributed by atoms with Crippen LogP contribution in [0, 0.1) is 0 Å². The van der Waals surface area contributed by atoms with Gasteiger partial charge in [0.2, 0.25) is 10.0 Å². The van der Waals surface area contributed by atoms with Gasteiger partial charge in [-0.25, -0.2) is 13.1 Å². The highest BCUT2D eigenvalue weighted by atomic mass is 35.5. The Morgan fingerprint density at radius 3 is 2.71 bits per heavy atom. The zero-order chi connectivity index (χ0) is 17.6. The molecule has 0 bridgehead atoms. The first-order chi connectivity index (χ1) is 11.4. The van der Waals surface area contributed by atoms with Gasteiger partial charge in [0.25, 0.3) is 0 Å². The van der Waals surface area contributed by atoms with Gasteiger partial charge in [-0.1, -0.05) is 23.7 Å². The Morgan fingerprint density at radius 2 is 2.04 bits per heavy atom. The molecular weight excluding hydrogens is 352 g/mol. The molecule has 1 aromatic rings. The van der Waals surface area contributed by atoms with Crippen molar-refractivity contribution in [2.75, 3.05) is 40.5 Å². The molecule has 136 valence electrons. The number of benzene rings is 1. The van der Waals surface area contributed by atoms with Gasteiger partial charge in [-0.2, -0.15) is 0 Å². The molecule has 1 aliphatic rings. The predicted molar refractivity (Wildman–Crippen MR) is 94.7 cm³/mol. The highest BCUT2D eigenvalue weighted by molar-refractivity contribution is 7.88. The molecule has 24 heavy (non-hydrogen) atoms. The number of sulfonamides is 1. The Labute approximate surface area is 149 Å². The average molecular weight is 377 g/mol. The van der Waals surface area contributed by atoms with Crippen LogP contribution in [0.1, 0.15) is 12.0 Å². The minimum Gasteiger partial charge on any atom is -0.379 e. The topological polar surface area (TPSA) is 67.9 Å². The summed E-state index contributed by atoms with van der Waals surface area (Å²) in [5, 5.41) is 0.586. The molecule has 0 radical (unpaired) electrons. The summed E-state index contributed by atoms with van der Waals surface area (Å²) < 4.78 is 38.9. The van der Waals surface area contributed by atoms with Crippen molar-refractivity contribution in [2.24, 2.45) is 0 Å². The molecule has 1 heterocycles. The van der Waals surface area contributed by atoms with Gasteiger partial charge in [-0.15, -0.1) is 0 Å². The number of nitrogens with zero attached hydrogens (tertiary/aromatic N) is 1. The van der Waals surface area contributed by atoms with E-state index in [9.17, 15) is 8.42 Å². The number of nitrogens with one attached hydrogen (secondary N) is 1. The Hall–Kier alpha value is -0.700. The fourth-order valence-electron chi connectivity index (χ4n) is 2.47. The predicted octanol–water partition coefficient (Wildman–Crippen LogP) is 1.50. The van der Waals surface area contributed by atoms with Crippen molar-refractivity contribution in [3.63, 3.8) is 0 Å². The summed E-state index contributed by atoms with van der Waals surface area (Å²) in [5.41, 5.74) is 0.698. The molecule has 1 N–H and O–H groups in total. The van der Waals surface area contributed by atoms with E-state index in [-0.39, 0.29) is 17.9 Å². The van der Waals surface area contributed by atoms with E-state index in [4.69, 9.17) is 21.1 Å². The van der Waals surface area contributed by atoms with Crippen molar-refractivity contribution in [1.29, 1.82) is 0 Å². The third kappa shape index (κ3) is 6.66. The normalized spacial score (nSPS) is 22.0. The van der Waals surface area contributed by atoms with Crippen LogP contribution >= 0.6 is 11.6 Å². The summed E-state index contributed by atoms with van der Waals surface area (Å²) in [6, 6.07) is 6.55. The fraction of sp³-hybridized carbons (Fsp3) is 0.625. The van der Waals surface area contributed by atoms with E-state index in [0.717, 1.165) is 6.54 Å². The summed E-state index contributed by atoms with van der Waals surface area (Å²) >= 11 is 5.83. The van der Waals surface area contributed by atoms with E-state index >= 15 is 0 Å². The van der Waals surface area contributed by atoms with Gasteiger partial charge >= 0.3 is 0 Å². The lowest BCUT2D eigenvalue weighted by molar-refractivity contribution is -0.0665. The first kappa shape index (κ1) is 19.6. The van der Waals surface area contributed by atoms with E-state index in [0.29, 0.717) is 36.8 Å². The molecule has 0 unspecified atom stereocenters. The second-order valence-electron chi connectivity index (χ2n) is 6.19. The quantitative estimate of drug-likeness (QED) is 0.744. The van der Waals surface area contributed by atoms with Crippen molar-refractivity contribution >= 4 is 21.6 Å². The van der Waals surface area contributed by atoms with Crippen LogP contribution in [0.5, 0.6) is 0 Å². The van der Waals surface area contributed by atoms with Gasteiger partial charge in [-0.05, 0) is 38.2 Å². The second kappa shape index (κ2) is 9.12. The molecule has 0 spiro atoms. The number of halogens is 1. The maximum atomic E-state index is 12.4. The standard InChI is InChI=1S/C16H25ClN2O4S/c1-19(2)8-10-23-16-11-22-9-7-15(16)18-24(20,21)12-13-3-5-14(17)6-4-13/h3-6,15-16,18H,7-12H2,1-2H3/t15-,16-/m1/s1. The van der Waals surface area contributed by atoms with Gasteiger partial charge in [0.15, 0.2) is 0 Å². The summed E-state index contributed by atoms with van der Waals surface area (Å²) in [5.74, 6) is -0.0774. The van der Waals surface area contributed by atoms with Gasteiger partial charge < -0.3 is 14.4 Å². The van der Waals surface area contributed by atoms with E-state index in [1.54, 1.807) is 24.3 Å². The third-order valence-corrected chi connectivity index (χ3v) is 5.40. The molecule has 8 heteroatoms. The van der Waals surface area contributed by atoms with Crippen LogP contribution in [0.15, 0.2) is 24.3 Å². The molecule has 2 rings (SSSR count). The molecule has 1 fully saturated rings. The maximum absolute atomic E-state index is 12.4. The Balaban J connectivity index is 1.93. The lowest BCUT2D eigenvalue weighted by Crippen LogP contribution is -2.50. The zero-order valence-corrected chi connectivity index (χ0v) is 15.6. The van der Waals surface area contributed by atoms with Crippen molar-refractivity contribution in [1.82, 2.24) is 9.62 Å². The summed E-state index contributed by atoms with van der Waals surface area (Å²) in [7, 11) is 0.470. The molecule has 0 aliphatic carbocycles. The number of hydrogen-bond donors (Lipinski definition) is 1. The average Bonchev–Trinajstić information content (AvgIpc) is 2.50. The van der Waals surface area contributed by atoms with Gasteiger partial charge in [0, 0.05) is 18.2 Å². The van der Waals surface area contributed by atoms with E-state index < -0.39 is 10.0 Å². The minimum absolute atomic E-state index is 0.0774. The maximum Gasteiger partial charge on any atom is 0.216 e. The number of hydrogen-bond acceptors (Lipinski definition) is 5. The minimum atomic E-state index is -3.46. The molecule has 1 aromatic carbocycles. The molecule has 0 saturated carbocycles. The molecule has 1 saturated heterocycles. The Bertz CT molecular complexity index is 607. The summed E-state index contributed by atoms with van der Waals surface area (Å²) in [6.07, 6.45) is 0.339. The van der Waals surface area contributed by atoms with Crippen molar-refractivity contribution in [3.8, 4) is 0 Å². The molecule has 6 nitrogen and oxygen atoms in total. The highest BCUT2D eigenvalue weighted by Gasteiger charge is 2.30. The van der Waals surface area contributed by atoms with Crippen LogP contribution in [0.4, 0.5) is 0 Å². The molecule has 2 atom stereocenters.